The van der Waals surface area contributed by atoms with E-state index in [9.17, 15) is 4.79 Å². The predicted molar refractivity (Wildman–Crippen MR) is 45.2 cm³/mol. The lowest BCUT2D eigenvalue weighted by Gasteiger charge is -2.24. The van der Waals surface area contributed by atoms with E-state index in [2.05, 4.69) is 6.08 Å². The van der Waals surface area contributed by atoms with Crippen LogP contribution in [-0.4, -0.2) is 5.97 Å². The second-order valence-corrected chi connectivity index (χ2v) is 3.57. The largest absolute Gasteiger partial charge is 0.434 e. The van der Waals surface area contributed by atoms with Gasteiger partial charge in [-0.3, -0.25) is 4.79 Å². The maximum absolute atomic E-state index is 11.3. The Labute approximate surface area is 71.9 Å². The summed E-state index contributed by atoms with van der Waals surface area (Å²) in [5.41, 5.74) is 2.35. The fourth-order valence-corrected chi connectivity index (χ4v) is 2.00. The van der Waals surface area contributed by atoms with Gasteiger partial charge in [0.25, 0.3) is 0 Å². The molecule has 1 aliphatic heterocycles. The van der Waals surface area contributed by atoms with Crippen molar-refractivity contribution in [3.63, 3.8) is 0 Å². The van der Waals surface area contributed by atoms with Crippen molar-refractivity contribution in [3.05, 3.63) is 23.5 Å². The lowest BCUT2D eigenvalue weighted by Crippen LogP contribution is -2.26. The summed E-state index contributed by atoms with van der Waals surface area (Å²) in [6.45, 7) is 4.03. The molecule has 2 rings (SSSR count). The van der Waals surface area contributed by atoms with Gasteiger partial charge in [-0.15, -0.1) is 0 Å². The Balaban J connectivity index is 2.35. The van der Waals surface area contributed by atoms with Crippen molar-refractivity contribution in [3.8, 4) is 0 Å². The highest BCUT2D eigenvalue weighted by molar-refractivity contribution is 5.79. The summed E-state index contributed by atoms with van der Waals surface area (Å²) in [4.78, 5) is 11.3. The molecule has 0 aromatic carbocycles. The van der Waals surface area contributed by atoms with Crippen molar-refractivity contribution in [2.75, 3.05) is 0 Å². The van der Waals surface area contributed by atoms with Gasteiger partial charge in [0.2, 0.25) is 0 Å². The fraction of sp³-hybridized carbons (Fsp3) is 0.500. The third kappa shape index (κ3) is 0.909. The lowest BCUT2D eigenvalue weighted by molar-refractivity contribution is -0.143. The van der Waals surface area contributed by atoms with Crippen molar-refractivity contribution in [2.45, 2.75) is 20.3 Å². The lowest BCUT2D eigenvalue weighted by atomic mass is 9.85. The normalized spacial score (nSPS) is 33.7. The van der Waals surface area contributed by atoms with Crippen LogP contribution in [0.2, 0.25) is 0 Å². The first-order valence-electron chi connectivity index (χ1n) is 4.24. The van der Waals surface area contributed by atoms with Crippen LogP contribution in [0.25, 0.3) is 0 Å². The maximum atomic E-state index is 11.3. The molecule has 0 bridgehead atoms. The Morgan fingerprint density at radius 3 is 2.83 bits per heavy atom. The van der Waals surface area contributed by atoms with Crippen LogP contribution in [0.15, 0.2) is 23.5 Å². The quantitative estimate of drug-likeness (QED) is 0.404. The third-order valence-corrected chi connectivity index (χ3v) is 2.79. The monoisotopic (exact) mass is 164 g/mol. The highest BCUT2D eigenvalue weighted by atomic mass is 16.5. The molecule has 0 radical (unpaired) electrons. The summed E-state index contributed by atoms with van der Waals surface area (Å²) >= 11 is 0. The summed E-state index contributed by atoms with van der Waals surface area (Å²) in [5, 5.41) is 0. The first-order valence-corrected chi connectivity index (χ1v) is 4.24. The molecule has 0 saturated heterocycles. The maximum Gasteiger partial charge on any atom is 0.318 e. The zero-order valence-corrected chi connectivity index (χ0v) is 7.33. The van der Waals surface area contributed by atoms with Crippen LogP contribution in [0.5, 0.6) is 0 Å². The fourth-order valence-electron chi connectivity index (χ4n) is 2.00. The van der Waals surface area contributed by atoms with E-state index in [1.807, 2.05) is 13.8 Å². The second-order valence-electron chi connectivity index (χ2n) is 3.57. The molecule has 0 saturated carbocycles. The molecule has 1 aliphatic carbocycles. The molecular weight excluding hydrogens is 152 g/mol. The molecule has 2 atom stereocenters. The number of carbonyl (C=O) groups is 1. The van der Waals surface area contributed by atoms with Crippen molar-refractivity contribution < 1.29 is 9.53 Å². The van der Waals surface area contributed by atoms with E-state index in [1.54, 1.807) is 6.26 Å². The van der Waals surface area contributed by atoms with Gasteiger partial charge >= 0.3 is 5.97 Å². The summed E-state index contributed by atoms with van der Waals surface area (Å²) in [7, 11) is 0. The summed E-state index contributed by atoms with van der Waals surface area (Å²) < 4.78 is 4.93. The van der Waals surface area contributed by atoms with Crippen molar-refractivity contribution in [2.24, 2.45) is 11.8 Å². The van der Waals surface area contributed by atoms with Gasteiger partial charge in [0.05, 0.1) is 12.2 Å². The van der Waals surface area contributed by atoms with Gasteiger partial charge in [-0.05, 0) is 25.8 Å². The van der Waals surface area contributed by atoms with E-state index in [0.29, 0.717) is 5.92 Å². The predicted octanol–water partition coefficient (Wildman–Crippen LogP) is 2.03. The molecule has 2 heteroatoms. The average Bonchev–Trinajstić information content (AvgIpc) is 2.42. The molecule has 2 aliphatic rings. The van der Waals surface area contributed by atoms with Crippen LogP contribution < -0.4 is 0 Å². The van der Waals surface area contributed by atoms with Crippen molar-refractivity contribution in [1.29, 1.82) is 0 Å². The minimum Gasteiger partial charge on any atom is -0.434 e. The van der Waals surface area contributed by atoms with Crippen molar-refractivity contribution >= 4 is 5.97 Å². The number of rotatable bonds is 0. The Morgan fingerprint density at radius 2 is 2.17 bits per heavy atom. The Kier molecular flexibility index (Phi) is 1.56. The number of allylic oxidation sites excluding steroid dienone is 2. The minimum absolute atomic E-state index is 0.00926. The van der Waals surface area contributed by atoms with Crippen LogP contribution in [0.1, 0.15) is 20.3 Å². The molecule has 64 valence electrons. The first kappa shape index (κ1) is 7.59. The molecule has 12 heavy (non-hydrogen) atoms. The van der Waals surface area contributed by atoms with E-state index in [-0.39, 0.29) is 11.9 Å². The Hall–Kier alpha value is -1.05. The zero-order valence-electron chi connectivity index (χ0n) is 7.33. The van der Waals surface area contributed by atoms with Crippen molar-refractivity contribution in [1.82, 2.24) is 0 Å². The number of ether oxygens (including phenoxy) is 1. The molecule has 0 aromatic heterocycles. The summed E-state index contributed by atoms with van der Waals surface area (Å²) in [6, 6.07) is 0. The average molecular weight is 164 g/mol. The number of carbonyl (C=O) groups excluding carboxylic acids is 1. The molecule has 2 nitrogen and oxygen atoms in total. The molecule has 0 spiro atoms. The zero-order chi connectivity index (χ0) is 8.72. The third-order valence-electron chi connectivity index (χ3n) is 2.79. The number of fused-ring (bicyclic) bond motifs is 1. The number of hydrogen-bond acceptors (Lipinski definition) is 2. The van der Waals surface area contributed by atoms with Gasteiger partial charge in [0.1, 0.15) is 0 Å². The molecule has 1 heterocycles. The molecule has 0 amide bonds. The molecule has 0 fully saturated rings. The number of hydrogen-bond donors (Lipinski definition) is 0. The highest BCUT2D eigenvalue weighted by Gasteiger charge is 2.37. The topological polar surface area (TPSA) is 26.3 Å². The van der Waals surface area contributed by atoms with Gasteiger partial charge in [-0.2, -0.15) is 0 Å². The number of esters is 1. The Morgan fingerprint density at radius 1 is 1.42 bits per heavy atom. The van der Waals surface area contributed by atoms with Crippen LogP contribution >= 0.6 is 0 Å². The molecule has 0 aromatic rings. The van der Waals surface area contributed by atoms with Crippen LogP contribution in [0.3, 0.4) is 0 Å². The first-order chi connectivity index (χ1) is 5.70. The summed E-state index contributed by atoms with van der Waals surface area (Å²) in [5.74, 6) is 0.304. The van der Waals surface area contributed by atoms with Gasteiger partial charge in [-0.25, -0.2) is 0 Å². The van der Waals surface area contributed by atoms with Crippen LogP contribution in [0.4, 0.5) is 0 Å². The molecular formula is C10H12O2. The van der Waals surface area contributed by atoms with Gasteiger partial charge < -0.3 is 4.74 Å². The minimum atomic E-state index is -0.0862. The van der Waals surface area contributed by atoms with E-state index >= 15 is 0 Å². The van der Waals surface area contributed by atoms with E-state index in [1.165, 1.54) is 5.57 Å². The Bertz CT molecular complexity index is 286. The van der Waals surface area contributed by atoms with Crippen LogP contribution in [0, 0.1) is 11.8 Å². The van der Waals surface area contributed by atoms with Gasteiger partial charge in [0, 0.05) is 5.92 Å². The van der Waals surface area contributed by atoms with E-state index in [4.69, 9.17) is 4.74 Å². The van der Waals surface area contributed by atoms with E-state index in [0.717, 1.165) is 12.0 Å². The standard InChI is InChI=1S/C10H12O2/c1-6-3-4-8-7(2)5-12-10(11)9(6)8/h3,5,8-9H,4H2,1-2H3. The highest BCUT2D eigenvalue weighted by Crippen LogP contribution is 2.39. The number of cyclic esters (lactones) is 1. The smallest absolute Gasteiger partial charge is 0.318 e. The van der Waals surface area contributed by atoms with Gasteiger partial charge in [0.15, 0.2) is 0 Å². The van der Waals surface area contributed by atoms with Crippen LogP contribution in [-0.2, 0) is 9.53 Å². The second kappa shape index (κ2) is 2.47. The van der Waals surface area contributed by atoms with E-state index < -0.39 is 0 Å². The van der Waals surface area contributed by atoms with Gasteiger partial charge in [-0.1, -0.05) is 11.6 Å². The molecule has 0 N–H and O–H groups in total. The summed E-state index contributed by atoms with van der Waals surface area (Å²) in [6.07, 6.45) is 4.73. The molecule has 2 unspecified atom stereocenters. The SMILES string of the molecule is CC1=COC(=O)C2C(C)=CCC12.